The molecule has 0 unspecified atom stereocenters. The zero-order valence-corrected chi connectivity index (χ0v) is 16.4. The molecule has 144 valence electrons. The number of carboxylic acid groups (broad SMARTS) is 1. The lowest BCUT2D eigenvalue weighted by atomic mass is 9.96. The van der Waals surface area contributed by atoms with Crippen molar-refractivity contribution in [1.82, 2.24) is 0 Å². The lowest BCUT2D eigenvalue weighted by Gasteiger charge is -2.10. The van der Waals surface area contributed by atoms with Gasteiger partial charge in [0.1, 0.15) is 0 Å². The maximum atomic E-state index is 11.0. The van der Waals surface area contributed by atoms with Gasteiger partial charge in [-0.3, -0.25) is 9.59 Å². The fourth-order valence-electron chi connectivity index (χ4n) is 2.21. The van der Waals surface area contributed by atoms with E-state index < -0.39 is 5.97 Å². The largest absolute Gasteiger partial charge is 0.481 e. The number of unbranched alkanes of at least 4 members (excludes halogenated alkanes) is 5. The van der Waals surface area contributed by atoms with Crippen LogP contribution in [0.2, 0.25) is 0 Å². The van der Waals surface area contributed by atoms with Gasteiger partial charge in [-0.1, -0.05) is 72.6 Å². The maximum Gasteiger partial charge on any atom is 0.306 e. The molecular weight excluding hydrogens is 304 g/mol. The van der Waals surface area contributed by atoms with Crippen LogP contribution in [0.4, 0.5) is 0 Å². The van der Waals surface area contributed by atoms with Crippen molar-refractivity contribution >= 4 is 11.9 Å². The van der Waals surface area contributed by atoms with Gasteiger partial charge in [0.2, 0.25) is 0 Å². The molecule has 24 heavy (non-hydrogen) atoms. The van der Waals surface area contributed by atoms with E-state index in [1.807, 2.05) is 0 Å². The Morgan fingerprint density at radius 1 is 0.792 bits per heavy atom. The van der Waals surface area contributed by atoms with Gasteiger partial charge in [0.15, 0.2) is 0 Å². The van der Waals surface area contributed by atoms with Gasteiger partial charge in [-0.2, -0.15) is 0 Å². The maximum absolute atomic E-state index is 11.0. The molecule has 0 aliphatic rings. The predicted octanol–water partition coefficient (Wildman–Crippen LogP) is 5.98. The summed E-state index contributed by atoms with van der Waals surface area (Å²) in [6, 6.07) is 0. The molecule has 0 amide bonds. The van der Waals surface area contributed by atoms with Crippen LogP contribution in [0.25, 0.3) is 0 Å². The first-order valence-electron chi connectivity index (χ1n) is 9.91. The van der Waals surface area contributed by atoms with Crippen molar-refractivity contribution < 1.29 is 19.4 Å². The van der Waals surface area contributed by atoms with E-state index in [0.29, 0.717) is 13.0 Å². The van der Waals surface area contributed by atoms with Crippen LogP contribution < -0.4 is 0 Å². The lowest BCUT2D eigenvalue weighted by molar-refractivity contribution is -0.144. The van der Waals surface area contributed by atoms with Crippen LogP contribution in [0, 0.1) is 5.92 Å². The van der Waals surface area contributed by atoms with Gasteiger partial charge in [-0.15, -0.1) is 0 Å². The quantitative estimate of drug-likeness (QED) is 0.311. The van der Waals surface area contributed by atoms with Crippen molar-refractivity contribution in [2.75, 3.05) is 6.61 Å². The summed E-state index contributed by atoms with van der Waals surface area (Å²) in [6.45, 7) is 9.01. The molecule has 0 aromatic rings. The number of ether oxygens (including phenoxy) is 1. The summed E-state index contributed by atoms with van der Waals surface area (Å²) in [6.07, 6.45) is 11.9. The second-order valence-corrected chi connectivity index (χ2v) is 6.35. The minimum Gasteiger partial charge on any atom is -0.481 e. The average molecular weight is 345 g/mol. The standard InChI is InChI=1S/2C10H20O2/c1-3-5-7-8-10(11)12-9-6-4-2;1-3-5-7-9(10(11)12)8-6-4-2/h3-9H2,1-2H3;9H,3-8H2,1-2H3,(H,11,12). The topological polar surface area (TPSA) is 63.6 Å². The van der Waals surface area contributed by atoms with Gasteiger partial charge in [-0.05, 0) is 25.7 Å². The van der Waals surface area contributed by atoms with Crippen LogP contribution in [0.5, 0.6) is 0 Å². The Labute approximate surface area is 149 Å². The van der Waals surface area contributed by atoms with Crippen molar-refractivity contribution in [3.8, 4) is 0 Å². The zero-order chi connectivity index (χ0) is 18.6. The summed E-state index contributed by atoms with van der Waals surface area (Å²) in [7, 11) is 0. The first kappa shape index (κ1) is 25.2. The summed E-state index contributed by atoms with van der Waals surface area (Å²) in [5.41, 5.74) is 0. The number of carbonyl (C=O) groups is 2. The normalized spacial score (nSPS) is 10.2. The molecule has 0 bridgehead atoms. The van der Waals surface area contributed by atoms with Crippen molar-refractivity contribution in [2.45, 2.75) is 105 Å². The van der Waals surface area contributed by atoms with E-state index in [4.69, 9.17) is 9.84 Å². The molecule has 0 saturated carbocycles. The molecule has 0 aromatic heterocycles. The molecule has 0 spiro atoms. The van der Waals surface area contributed by atoms with E-state index in [1.54, 1.807) is 0 Å². The van der Waals surface area contributed by atoms with Crippen molar-refractivity contribution in [1.29, 1.82) is 0 Å². The molecule has 0 fully saturated rings. The molecule has 0 aliphatic carbocycles. The molecule has 0 atom stereocenters. The Balaban J connectivity index is 0. The van der Waals surface area contributed by atoms with E-state index in [-0.39, 0.29) is 11.9 Å². The first-order chi connectivity index (χ1) is 11.5. The molecule has 0 aliphatic heterocycles. The number of carbonyl (C=O) groups excluding carboxylic acids is 1. The lowest BCUT2D eigenvalue weighted by Crippen LogP contribution is -2.13. The van der Waals surface area contributed by atoms with E-state index in [9.17, 15) is 9.59 Å². The number of hydrogen-bond donors (Lipinski definition) is 1. The third-order valence-electron chi connectivity index (χ3n) is 3.91. The molecule has 0 rings (SSSR count). The Kier molecular flexibility index (Phi) is 21.0. The molecule has 4 nitrogen and oxygen atoms in total. The zero-order valence-electron chi connectivity index (χ0n) is 16.4. The number of carboxylic acids is 1. The second-order valence-electron chi connectivity index (χ2n) is 6.35. The summed E-state index contributed by atoms with van der Waals surface area (Å²) < 4.78 is 4.99. The van der Waals surface area contributed by atoms with Crippen LogP contribution in [0.1, 0.15) is 105 Å². The van der Waals surface area contributed by atoms with Gasteiger partial charge >= 0.3 is 11.9 Å². The van der Waals surface area contributed by atoms with E-state index >= 15 is 0 Å². The third kappa shape index (κ3) is 19.0. The molecule has 0 aromatic carbocycles. The van der Waals surface area contributed by atoms with Crippen molar-refractivity contribution in [3.63, 3.8) is 0 Å². The molecular formula is C20H40O4. The highest BCUT2D eigenvalue weighted by atomic mass is 16.5. The molecule has 0 saturated heterocycles. The molecule has 4 heteroatoms. The summed E-state index contributed by atoms with van der Waals surface area (Å²) in [5.74, 6) is -0.737. The monoisotopic (exact) mass is 344 g/mol. The van der Waals surface area contributed by atoms with E-state index in [2.05, 4.69) is 27.7 Å². The fourth-order valence-corrected chi connectivity index (χ4v) is 2.21. The van der Waals surface area contributed by atoms with Crippen molar-refractivity contribution in [2.24, 2.45) is 5.92 Å². The number of aliphatic carboxylic acids is 1. The van der Waals surface area contributed by atoms with E-state index in [0.717, 1.165) is 70.6 Å². The van der Waals surface area contributed by atoms with Crippen LogP contribution in [0.3, 0.4) is 0 Å². The Morgan fingerprint density at radius 2 is 1.29 bits per heavy atom. The fraction of sp³-hybridized carbons (Fsp3) is 0.900. The SMILES string of the molecule is CCCCC(CCCC)C(=O)O.CCCCCC(=O)OCCCC. The highest BCUT2D eigenvalue weighted by Crippen LogP contribution is 2.15. The van der Waals surface area contributed by atoms with Gasteiger partial charge in [-0.25, -0.2) is 0 Å². The summed E-state index contributed by atoms with van der Waals surface area (Å²) >= 11 is 0. The molecule has 0 radical (unpaired) electrons. The average Bonchev–Trinajstić information content (AvgIpc) is 2.56. The Hall–Kier alpha value is -1.06. The smallest absolute Gasteiger partial charge is 0.306 e. The van der Waals surface area contributed by atoms with Gasteiger partial charge in [0.05, 0.1) is 12.5 Å². The van der Waals surface area contributed by atoms with Gasteiger partial charge in [0.25, 0.3) is 0 Å². The molecule has 0 heterocycles. The van der Waals surface area contributed by atoms with Crippen LogP contribution >= 0.6 is 0 Å². The van der Waals surface area contributed by atoms with Gasteiger partial charge in [0, 0.05) is 6.42 Å². The third-order valence-corrected chi connectivity index (χ3v) is 3.91. The number of esters is 1. The van der Waals surface area contributed by atoms with E-state index in [1.165, 1.54) is 0 Å². The summed E-state index contributed by atoms with van der Waals surface area (Å²) in [5, 5.41) is 8.83. The predicted molar refractivity (Wildman–Crippen MR) is 100 cm³/mol. The van der Waals surface area contributed by atoms with Crippen LogP contribution in [0.15, 0.2) is 0 Å². The van der Waals surface area contributed by atoms with Crippen molar-refractivity contribution in [3.05, 3.63) is 0 Å². The summed E-state index contributed by atoms with van der Waals surface area (Å²) in [4.78, 5) is 21.7. The Morgan fingerprint density at radius 3 is 1.71 bits per heavy atom. The molecule has 1 N–H and O–H groups in total. The highest BCUT2D eigenvalue weighted by Gasteiger charge is 2.15. The minimum atomic E-state index is -0.614. The first-order valence-corrected chi connectivity index (χ1v) is 9.91. The van der Waals surface area contributed by atoms with Gasteiger partial charge < -0.3 is 9.84 Å². The number of hydrogen-bond acceptors (Lipinski definition) is 3. The second kappa shape index (κ2) is 20.0. The number of rotatable bonds is 14. The van der Waals surface area contributed by atoms with Crippen LogP contribution in [-0.4, -0.2) is 23.7 Å². The minimum absolute atomic E-state index is 0.0306. The van der Waals surface area contributed by atoms with Crippen LogP contribution in [-0.2, 0) is 14.3 Å². The Bertz CT molecular complexity index is 267. The highest BCUT2D eigenvalue weighted by molar-refractivity contribution is 5.69.